The molecule has 1 N–H and O–H groups in total. The SMILES string of the molecule is CCOC(=O)C1CCOCC1OC(C)c1ccc2[nH]c(=O)ccc2c1. The summed E-state index contributed by atoms with van der Waals surface area (Å²) in [6, 6.07) is 9.07. The van der Waals surface area contributed by atoms with Crippen LogP contribution in [-0.2, 0) is 19.0 Å². The Hall–Kier alpha value is -2.18. The lowest BCUT2D eigenvalue weighted by Crippen LogP contribution is -2.40. The van der Waals surface area contributed by atoms with E-state index in [1.807, 2.05) is 25.1 Å². The Kier molecular flexibility index (Phi) is 5.50. The van der Waals surface area contributed by atoms with Crippen LogP contribution in [0.5, 0.6) is 0 Å². The summed E-state index contributed by atoms with van der Waals surface area (Å²) >= 11 is 0. The van der Waals surface area contributed by atoms with Crippen molar-refractivity contribution in [3.63, 3.8) is 0 Å². The third-order valence-electron chi connectivity index (χ3n) is 4.49. The van der Waals surface area contributed by atoms with E-state index in [1.165, 1.54) is 6.07 Å². The number of esters is 1. The number of hydrogen-bond acceptors (Lipinski definition) is 5. The number of carbonyl (C=O) groups excluding carboxylic acids is 1. The van der Waals surface area contributed by atoms with Crippen molar-refractivity contribution in [2.75, 3.05) is 19.8 Å². The number of pyridine rings is 1. The maximum atomic E-state index is 12.1. The van der Waals surface area contributed by atoms with Crippen LogP contribution in [0.2, 0.25) is 0 Å². The van der Waals surface area contributed by atoms with Gasteiger partial charge >= 0.3 is 5.97 Å². The largest absolute Gasteiger partial charge is 0.466 e. The number of hydrogen-bond donors (Lipinski definition) is 1. The van der Waals surface area contributed by atoms with E-state index in [9.17, 15) is 9.59 Å². The predicted molar refractivity (Wildman–Crippen MR) is 93.4 cm³/mol. The maximum absolute atomic E-state index is 12.1. The Morgan fingerprint density at radius 2 is 2.20 bits per heavy atom. The highest BCUT2D eigenvalue weighted by Gasteiger charge is 2.34. The summed E-state index contributed by atoms with van der Waals surface area (Å²) in [5.41, 5.74) is 1.64. The number of fused-ring (bicyclic) bond motifs is 1. The molecule has 2 heterocycles. The van der Waals surface area contributed by atoms with E-state index < -0.39 is 0 Å². The molecule has 0 saturated carbocycles. The van der Waals surface area contributed by atoms with Crippen LogP contribution in [0.1, 0.15) is 31.9 Å². The second kappa shape index (κ2) is 7.80. The van der Waals surface area contributed by atoms with Gasteiger partial charge in [-0.1, -0.05) is 6.07 Å². The van der Waals surface area contributed by atoms with Crippen LogP contribution in [-0.4, -0.2) is 36.9 Å². The van der Waals surface area contributed by atoms with Gasteiger partial charge in [0.2, 0.25) is 5.56 Å². The van der Waals surface area contributed by atoms with E-state index >= 15 is 0 Å². The van der Waals surface area contributed by atoms with Crippen molar-refractivity contribution >= 4 is 16.9 Å². The minimum Gasteiger partial charge on any atom is -0.466 e. The van der Waals surface area contributed by atoms with Gasteiger partial charge in [0.05, 0.1) is 31.3 Å². The molecular formula is C19H23NO5. The Morgan fingerprint density at radius 1 is 1.36 bits per heavy atom. The molecule has 0 spiro atoms. The molecule has 3 atom stereocenters. The molecule has 1 saturated heterocycles. The molecule has 0 bridgehead atoms. The number of aromatic amines is 1. The van der Waals surface area contributed by atoms with Crippen molar-refractivity contribution < 1.29 is 19.0 Å². The van der Waals surface area contributed by atoms with Crippen molar-refractivity contribution in [1.82, 2.24) is 4.98 Å². The Morgan fingerprint density at radius 3 is 3.00 bits per heavy atom. The number of H-pyrrole nitrogens is 1. The fourth-order valence-electron chi connectivity index (χ4n) is 3.13. The van der Waals surface area contributed by atoms with Gasteiger partial charge in [-0.3, -0.25) is 9.59 Å². The second-order valence-corrected chi connectivity index (χ2v) is 6.21. The molecular weight excluding hydrogens is 322 g/mol. The molecule has 134 valence electrons. The highest BCUT2D eigenvalue weighted by molar-refractivity contribution is 5.79. The van der Waals surface area contributed by atoms with Gasteiger partial charge in [-0.2, -0.15) is 0 Å². The Bertz CT molecular complexity index is 800. The topological polar surface area (TPSA) is 77.6 Å². The first-order valence-electron chi connectivity index (χ1n) is 8.61. The molecule has 0 radical (unpaired) electrons. The van der Waals surface area contributed by atoms with Crippen molar-refractivity contribution in [2.24, 2.45) is 5.92 Å². The lowest BCUT2D eigenvalue weighted by Gasteiger charge is -2.32. The molecule has 3 unspecified atom stereocenters. The zero-order valence-electron chi connectivity index (χ0n) is 14.5. The normalized spacial score (nSPS) is 21.8. The maximum Gasteiger partial charge on any atom is 0.311 e. The zero-order valence-corrected chi connectivity index (χ0v) is 14.5. The molecule has 1 aliphatic rings. The van der Waals surface area contributed by atoms with Gasteiger partial charge in [-0.25, -0.2) is 0 Å². The molecule has 1 fully saturated rings. The van der Waals surface area contributed by atoms with Crippen LogP contribution in [0.25, 0.3) is 10.9 Å². The first kappa shape index (κ1) is 17.6. The molecule has 2 aromatic rings. The van der Waals surface area contributed by atoms with Crippen molar-refractivity contribution in [3.8, 4) is 0 Å². The minimum atomic E-state index is -0.325. The lowest BCUT2D eigenvalue weighted by atomic mass is 9.96. The summed E-state index contributed by atoms with van der Waals surface area (Å²) < 4.78 is 16.8. The van der Waals surface area contributed by atoms with Gasteiger partial charge in [-0.05, 0) is 49.4 Å². The van der Waals surface area contributed by atoms with E-state index in [4.69, 9.17) is 14.2 Å². The van der Waals surface area contributed by atoms with Gasteiger partial charge in [0, 0.05) is 18.2 Å². The van der Waals surface area contributed by atoms with Gasteiger partial charge in [0.1, 0.15) is 0 Å². The first-order valence-corrected chi connectivity index (χ1v) is 8.61. The van der Waals surface area contributed by atoms with E-state index in [1.54, 1.807) is 13.0 Å². The average Bonchev–Trinajstić information content (AvgIpc) is 2.61. The first-order chi connectivity index (χ1) is 12.1. The van der Waals surface area contributed by atoms with Crippen LogP contribution >= 0.6 is 0 Å². The summed E-state index contributed by atoms with van der Waals surface area (Å²) in [5, 5.41) is 0.939. The Labute approximate surface area is 146 Å². The van der Waals surface area contributed by atoms with Crippen molar-refractivity contribution in [1.29, 1.82) is 0 Å². The quantitative estimate of drug-likeness (QED) is 0.843. The number of benzene rings is 1. The third kappa shape index (κ3) is 4.08. The second-order valence-electron chi connectivity index (χ2n) is 6.21. The standard InChI is InChI=1S/C19H23NO5/c1-3-24-19(22)15-8-9-23-11-17(15)25-12(2)13-4-6-16-14(10-13)5-7-18(21)20-16/h4-7,10,12,15,17H,3,8-9,11H2,1-2H3,(H,20,21). The van der Waals surface area contributed by atoms with Gasteiger partial charge in [-0.15, -0.1) is 0 Å². The third-order valence-corrected chi connectivity index (χ3v) is 4.49. The molecule has 3 rings (SSSR count). The Balaban J connectivity index is 1.75. The van der Waals surface area contributed by atoms with Crippen molar-refractivity contribution in [3.05, 3.63) is 46.2 Å². The number of carbonyl (C=O) groups is 1. The van der Waals surface area contributed by atoms with Crippen LogP contribution in [0.4, 0.5) is 0 Å². The molecule has 25 heavy (non-hydrogen) atoms. The summed E-state index contributed by atoms with van der Waals surface area (Å²) in [4.78, 5) is 26.3. The molecule has 1 aliphatic heterocycles. The van der Waals surface area contributed by atoms with E-state index in [-0.39, 0.29) is 29.7 Å². The highest BCUT2D eigenvalue weighted by atomic mass is 16.6. The number of rotatable bonds is 5. The van der Waals surface area contributed by atoms with Gasteiger partial charge in [0.15, 0.2) is 0 Å². The average molecular weight is 345 g/mol. The summed E-state index contributed by atoms with van der Waals surface area (Å²) in [6.45, 7) is 5.04. The predicted octanol–water partition coefficient (Wildman–Crippen LogP) is 2.57. The smallest absolute Gasteiger partial charge is 0.311 e. The molecule has 6 nitrogen and oxygen atoms in total. The van der Waals surface area contributed by atoms with E-state index in [2.05, 4.69) is 4.98 Å². The monoisotopic (exact) mass is 345 g/mol. The van der Waals surface area contributed by atoms with Crippen LogP contribution < -0.4 is 5.56 Å². The lowest BCUT2D eigenvalue weighted by molar-refractivity contribution is -0.167. The van der Waals surface area contributed by atoms with Crippen LogP contribution in [0, 0.1) is 5.92 Å². The fourth-order valence-corrected chi connectivity index (χ4v) is 3.13. The fraction of sp³-hybridized carbons (Fsp3) is 0.474. The zero-order chi connectivity index (χ0) is 17.8. The molecule has 1 aromatic heterocycles. The molecule has 1 aromatic carbocycles. The highest BCUT2D eigenvalue weighted by Crippen LogP contribution is 2.28. The van der Waals surface area contributed by atoms with E-state index in [0.29, 0.717) is 26.2 Å². The van der Waals surface area contributed by atoms with Crippen molar-refractivity contribution in [2.45, 2.75) is 32.5 Å². The molecule has 6 heteroatoms. The van der Waals surface area contributed by atoms with Gasteiger partial charge in [0.25, 0.3) is 0 Å². The summed E-state index contributed by atoms with van der Waals surface area (Å²) in [6.07, 6.45) is 0.0730. The minimum absolute atomic E-state index is 0.124. The van der Waals surface area contributed by atoms with Gasteiger partial charge < -0.3 is 19.2 Å². The van der Waals surface area contributed by atoms with E-state index in [0.717, 1.165) is 16.5 Å². The number of nitrogens with one attached hydrogen (secondary N) is 1. The number of ether oxygens (including phenoxy) is 3. The van der Waals surface area contributed by atoms with Crippen LogP contribution in [0.15, 0.2) is 35.1 Å². The summed E-state index contributed by atoms with van der Waals surface area (Å²) in [5.74, 6) is -0.521. The molecule has 0 amide bonds. The molecule has 0 aliphatic carbocycles. The number of aromatic nitrogens is 1. The summed E-state index contributed by atoms with van der Waals surface area (Å²) in [7, 11) is 0. The van der Waals surface area contributed by atoms with Crippen LogP contribution in [0.3, 0.4) is 0 Å².